The number of fused-ring (bicyclic) bond motifs is 1. The molecule has 0 bridgehead atoms. The van der Waals surface area contributed by atoms with E-state index in [4.69, 9.17) is 19.3 Å². The van der Waals surface area contributed by atoms with E-state index in [2.05, 4.69) is 11.5 Å². The third kappa shape index (κ3) is 3.97. The van der Waals surface area contributed by atoms with E-state index in [0.717, 1.165) is 40.6 Å². The van der Waals surface area contributed by atoms with E-state index >= 15 is 0 Å². The van der Waals surface area contributed by atoms with Crippen LogP contribution in [0.4, 0.5) is 0 Å². The Morgan fingerprint density at radius 2 is 1.89 bits per heavy atom. The second-order valence-electron chi connectivity index (χ2n) is 6.31. The summed E-state index contributed by atoms with van der Waals surface area (Å²) in [6, 6.07) is 16.1. The van der Waals surface area contributed by atoms with Crippen LogP contribution in [-0.4, -0.2) is 43.3 Å². The molecule has 140 valence electrons. The minimum Gasteiger partial charge on any atom is -0.486 e. The van der Waals surface area contributed by atoms with Crippen LogP contribution < -0.4 is 14.8 Å². The Labute approximate surface area is 158 Å². The standard InChI is InChI=1S/C21H23N3O3/c1-25-10-9-22-14-17-15-24(18-5-3-2-4-6-18)23-21(17)16-7-8-19-20(13-16)27-12-11-26-19/h2-8,13,15,22H,9-12,14H2,1H3. The van der Waals surface area contributed by atoms with Crippen LogP contribution in [-0.2, 0) is 11.3 Å². The number of hydrogen-bond acceptors (Lipinski definition) is 5. The molecule has 0 radical (unpaired) electrons. The molecule has 0 amide bonds. The van der Waals surface area contributed by atoms with Gasteiger partial charge in [0, 0.05) is 37.5 Å². The molecule has 1 aliphatic rings. The van der Waals surface area contributed by atoms with Crippen molar-refractivity contribution in [2.45, 2.75) is 6.54 Å². The van der Waals surface area contributed by atoms with Gasteiger partial charge in [-0.1, -0.05) is 18.2 Å². The Bertz CT molecular complexity index is 893. The summed E-state index contributed by atoms with van der Waals surface area (Å²) in [5, 5.41) is 8.25. The Morgan fingerprint density at radius 3 is 2.70 bits per heavy atom. The first-order chi connectivity index (χ1) is 13.3. The summed E-state index contributed by atoms with van der Waals surface area (Å²) in [4.78, 5) is 0. The topological polar surface area (TPSA) is 57.5 Å². The maximum atomic E-state index is 5.74. The highest BCUT2D eigenvalue weighted by Crippen LogP contribution is 2.35. The van der Waals surface area contributed by atoms with E-state index in [9.17, 15) is 0 Å². The van der Waals surface area contributed by atoms with Gasteiger partial charge in [-0.05, 0) is 30.3 Å². The van der Waals surface area contributed by atoms with Gasteiger partial charge in [0.25, 0.3) is 0 Å². The first-order valence-electron chi connectivity index (χ1n) is 9.09. The molecular weight excluding hydrogens is 342 g/mol. The highest BCUT2D eigenvalue weighted by atomic mass is 16.6. The molecule has 3 aromatic rings. The summed E-state index contributed by atoms with van der Waals surface area (Å²) in [7, 11) is 1.70. The molecule has 2 aromatic carbocycles. The van der Waals surface area contributed by atoms with Crippen LogP contribution in [0.25, 0.3) is 16.9 Å². The second kappa shape index (κ2) is 8.24. The first kappa shape index (κ1) is 17.6. The summed E-state index contributed by atoms with van der Waals surface area (Å²) in [5.74, 6) is 1.55. The fourth-order valence-electron chi connectivity index (χ4n) is 3.08. The SMILES string of the molecule is COCCNCc1cn(-c2ccccc2)nc1-c1ccc2c(c1)OCCO2. The highest BCUT2D eigenvalue weighted by Gasteiger charge is 2.17. The summed E-state index contributed by atoms with van der Waals surface area (Å²) >= 11 is 0. The summed E-state index contributed by atoms with van der Waals surface area (Å²) in [5.41, 5.74) is 4.09. The number of rotatable bonds is 7. The Kier molecular flexibility index (Phi) is 5.37. The number of para-hydroxylation sites is 1. The molecule has 0 fully saturated rings. The van der Waals surface area contributed by atoms with Crippen molar-refractivity contribution in [2.24, 2.45) is 0 Å². The average molecular weight is 365 g/mol. The van der Waals surface area contributed by atoms with Gasteiger partial charge in [0.2, 0.25) is 0 Å². The molecule has 6 heteroatoms. The number of hydrogen-bond donors (Lipinski definition) is 1. The predicted octanol–water partition coefficient (Wildman–Crippen LogP) is 3.05. The van der Waals surface area contributed by atoms with Crippen LogP contribution in [0.5, 0.6) is 11.5 Å². The van der Waals surface area contributed by atoms with Crippen LogP contribution in [0.2, 0.25) is 0 Å². The van der Waals surface area contributed by atoms with Gasteiger partial charge in [-0.15, -0.1) is 0 Å². The number of aromatic nitrogens is 2. The number of benzene rings is 2. The monoisotopic (exact) mass is 365 g/mol. The molecule has 0 atom stereocenters. The van der Waals surface area contributed by atoms with Crippen LogP contribution in [0, 0.1) is 0 Å². The van der Waals surface area contributed by atoms with E-state index in [0.29, 0.717) is 26.4 Å². The minimum absolute atomic E-state index is 0.570. The minimum atomic E-state index is 0.570. The van der Waals surface area contributed by atoms with Gasteiger partial charge in [0.15, 0.2) is 11.5 Å². The average Bonchev–Trinajstić information content (AvgIpc) is 3.16. The van der Waals surface area contributed by atoms with Crippen LogP contribution in [0.15, 0.2) is 54.7 Å². The maximum absolute atomic E-state index is 5.74. The van der Waals surface area contributed by atoms with E-state index in [1.165, 1.54) is 0 Å². The van der Waals surface area contributed by atoms with Gasteiger partial charge in [-0.2, -0.15) is 5.10 Å². The quantitative estimate of drug-likeness (QED) is 0.652. The molecule has 27 heavy (non-hydrogen) atoms. The molecule has 1 aromatic heterocycles. The molecule has 6 nitrogen and oxygen atoms in total. The molecule has 0 aliphatic carbocycles. The maximum Gasteiger partial charge on any atom is 0.162 e. The van der Waals surface area contributed by atoms with E-state index in [1.54, 1.807) is 7.11 Å². The van der Waals surface area contributed by atoms with Crippen molar-refractivity contribution in [3.05, 3.63) is 60.3 Å². The largest absolute Gasteiger partial charge is 0.486 e. The van der Waals surface area contributed by atoms with Gasteiger partial charge in [-0.25, -0.2) is 4.68 Å². The Hall–Kier alpha value is -2.83. The van der Waals surface area contributed by atoms with Crippen LogP contribution >= 0.6 is 0 Å². The molecule has 0 spiro atoms. The Morgan fingerprint density at radius 1 is 1.07 bits per heavy atom. The van der Waals surface area contributed by atoms with Crippen molar-refractivity contribution < 1.29 is 14.2 Å². The van der Waals surface area contributed by atoms with Crippen molar-refractivity contribution in [2.75, 3.05) is 33.5 Å². The molecule has 0 saturated heterocycles. The van der Waals surface area contributed by atoms with Crippen molar-refractivity contribution in [1.29, 1.82) is 0 Å². The van der Waals surface area contributed by atoms with Gasteiger partial charge < -0.3 is 19.5 Å². The summed E-state index contributed by atoms with van der Waals surface area (Å²) in [6.45, 7) is 3.32. The zero-order valence-corrected chi connectivity index (χ0v) is 15.4. The van der Waals surface area contributed by atoms with Crippen LogP contribution in [0.1, 0.15) is 5.56 Å². The lowest BCUT2D eigenvalue weighted by Crippen LogP contribution is -2.18. The highest BCUT2D eigenvalue weighted by molar-refractivity contribution is 5.67. The van der Waals surface area contributed by atoms with E-state index in [-0.39, 0.29) is 0 Å². The van der Waals surface area contributed by atoms with Crippen molar-refractivity contribution >= 4 is 0 Å². The van der Waals surface area contributed by atoms with Crippen molar-refractivity contribution in [1.82, 2.24) is 15.1 Å². The van der Waals surface area contributed by atoms with Gasteiger partial charge in [0.05, 0.1) is 18.0 Å². The van der Waals surface area contributed by atoms with Gasteiger partial charge in [-0.3, -0.25) is 0 Å². The van der Waals surface area contributed by atoms with Crippen molar-refractivity contribution in [3.63, 3.8) is 0 Å². The number of ether oxygens (including phenoxy) is 3. The fourth-order valence-corrected chi connectivity index (χ4v) is 3.08. The van der Waals surface area contributed by atoms with Crippen LogP contribution in [0.3, 0.4) is 0 Å². The molecular formula is C21H23N3O3. The lowest BCUT2D eigenvalue weighted by atomic mass is 10.1. The molecule has 0 unspecified atom stereocenters. The second-order valence-corrected chi connectivity index (χ2v) is 6.31. The third-order valence-electron chi connectivity index (χ3n) is 4.42. The number of nitrogens with one attached hydrogen (secondary N) is 1. The number of methoxy groups -OCH3 is 1. The fraction of sp³-hybridized carbons (Fsp3) is 0.286. The molecule has 4 rings (SSSR count). The molecule has 1 N–H and O–H groups in total. The zero-order valence-electron chi connectivity index (χ0n) is 15.4. The normalized spacial score (nSPS) is 12.9. The summed E-state index contributed by atoms with van der Waals surface area (Å²) in [6.07, 6.45) is 2.07. The Balaban J connectivity index is 1.68. The molecule has 0 saturated carbocycles. The van der Waals surface area contributed by atoms with Gasteiger partial charge >= 0.3 is 0 Å². The van der Waals surface area contributed by atoms with Gasteiger partial charge in [0.1, 0.15) is 13.2 Å². The van der Waals surface area contributed by atoms with E-state index < -0.39 is 0 Å². The summed E-state index contributed by atoms with van der Waals surface area (Å²) < 4.78 is 18.4. The van der Waals surface area contributed by atoms with Crippen molar-refractivity contribution in [3.8, 4) is 28.4 Å². The third-order valence-corrected chi connectivity index (χ3v) is 4.42. The molecule has 2 heterocycles. The lowest BCUT2D eigenvalue weighted by Gasteiger charge is -2.18. The number of nitrogens with zero attached hydrogens (tertiary/aromatic N) is 2. The smallest absolute Gasteiger partial charge is 0.162 e. The zero-order chi connectivity index (χ0) is 18.5. The molecule has 1 aliphatic heterocycles. The predicted molar refractivity (Wildman–Crippen MR) is 104 cm³/mol. The van der Waals surface area contributed by atoms with E-state index in [1.807, 2.05) is 53.2 Å². The lowest BCUT2D eigenvalue weighted by molar-refractivity contribution is 0.171. The first-order valence-corrected chi connectivity index (χ1v) is 9.09.